The Labute approximate surface area is 203 Å². The first-order chi connectivity index (χ1) is 16.2. The highest BCUT2D eigenvalue weighted by atomic mass is 16.3. The molecule has 182 valence electrons. The van der Waals surface area contributed by atoms with Gasteiger partial charge in [0.15, 0.2) is 0 Å². The molecule has 2 unspecified atom stereocenters. The zero-order valence-corrected chi connectivity index (χ0v) is 21.0. The molecule has 0 spiro atoms. The fourth-order valence-electron chi connectivity index (χ4n) is 5.80. The highest BCUT2D eigenvalue weighted by Crippen LogP contribution is 2.46. The molecule has 2 aliphatic heterocycles. The van der Waals surface area contributed by atoms with Crippen LogP contribution < -0.4 is 10.2 Å². The number of pyridine rings is 1. The topological polar surface area (TPSA) is 68.7 Å². The lowest BCUT2D eigenvalue weighted by atomic mass is 9.63. The number of hydrogen-bond acceptors (Lipinski definition) is 5. The van der Waals surface area contributed by atoms with Crippen molar-refractivity contribution in [1.82, 2.24) is 15.2 Å². The van der Waals surface area contributed by atoms with Crippen LogP contribution in [0.4, 0.5) is 5.82 Å². The summed E-state index contributed by atoms with van der Waals surface area (Å²) >= 11 is 0. The summed E-state index contributed by atoms with van der Waals surface area (Å²) in [5, 5.41) is 13.2. The summed E-state index contributed by atoms with van der Waals surface area (Å²) in [4.78, 5) is 21.9. The molecule has 2 saturated heterocycles. The Morgan fingerprint density at radius 1 is 1.00 bits per heavy atom. The number of anilines is 1. The standard InChI is InChI=1S/C28H38N4O2/c1-27(2)11-12-28(3,4)21-18-19(8-9-20(21)27)22-6-5-7-24(30-22)31-14-16-32(17-15-31)26(34)25-23(33)10-13-29-25/h5-9,18,23,25,29,33H,10-17H2,1-4H3. The van der Waals surface area contributed by atoms with Gasteiger partial charge in [-0.2, -0.15) is 0 Å². The van der Waals surface area contributed by atoms with Crippen molar-refractivity contribution in [3.05, 3.63) is 47.5 Å². The third kappa shape index (κ3) is 4.22. The first-order valence-electron chi connectivity index (χ1n) is 12.7. The molecule has 0 bridgehead atoms. The molecule has 34 heavy (non-hydrogen) atoms. The van der Waals surface area contributed by atoms with Crippen molar-refractivity contribution in [2.24, 2.45) is 0 Å². The fraction of sp³-hybridized carbons (Fsp3) is 0.571. The normalized spacial score (nSPS) is 25.8. The van der Waals surface area contributed by atoms with Gasteiger partial charge in [0.05, 0.1) is 11.8 Å². The zero-order valence-electron chi connectivity index (χ0n) is 21.0. The second-order valence-electron chi connectivity index (χ2n) is 11.5. The summed E-state index contributed by atoms with van der Waals surface area (Å²) in [5.41, 5.74) is 5.45. The number of amides is 1. The van der Waals surface area contributed by atoms with Gasteiger partial charge in [0, 0.05) is 31.7 Å². The average Bonchev–Trinajstić information content (AvgIpc) is 3.27. The number of carbonyl (C=O) groups excluding carboxylic acids is 1. The highest BCUT2D eigenvalue weighted by molar-refractivity contribution is 5.83. The van der Waals surface area contributed by atoms with Gasteiger partial charge in [-0.25, -0.2) is 4.98 Å². The van der Waals surface area contributed by atoms with Crippen LogP contribution in [0.25, 0.3) is 11.3 Å². The van der Waals surface area contributed by atoms with Crippen molar-refractivity contribution < 1.29 is 9.90 Å². The summed E-state index contributed by atoms with van der Waals surface area (Å²) in [6.45, 7) is 12.9. The quantitative estimate of drug-likeness (QED) is 0.731. The van der Waals surface area contributed by atoms with Gasteiger partial charge in [0.1, 0.15) is 11.9 Å². The molecule has 1 aromatic carbocycles. The van der Waals surface area contributed by atoms with Gasteiger partial charge in [-0.1, -0.05) is 45.9 Å². The van der Waals surface area contributed by atoms with Crippen molar-refractivity contribution >= 4 is 11.7 Å². The molecule has 3 heterocycles. The van der Waals surface area contributed by atoms with Crippen LogP contribution in [0.5, 0.6) is 0 Å². The van der Waals surface area contributed by atoms with Crippen LogP contribution in [0.3, 0.4) is 0 Å². The van der Waals surface area contributed by atoms with E-state index in [1.807, 2.05) is 4.90 Å². The van der Waals surface area contributed by atoms with Crippen molar-refractivity contribution in [2.45, 2.75) is 69.9 Å². The average molecular weight is 463 g/mol. The first kappa shape index (κ1) is 23.3. The Morgan fingerprint density at radius 3 is 2.38 bits per heavy atom. The molecule has 0 saturated carbocycles. The number of benzene rings is 1. The number of aromatic nitrogens is 1. The second-order valence-corrected chi connectivity index (χ2v) is 11.5. The molecular formula is C28H38N4O2. The summed E-state index contributed by atoms with van der Waals surface area (Å²) in [5.74, 6) is 0.979. The molecule has 5 rings (SSSR count). The Bertz CT molecular complexity index is 1070. The minimum Gasteiger partial charge on any atom is -0.391 e. The van der Waals surface area contributed by atoms with Gasteiger partial charge in [-0.15, -0.1) is 0 Å². The first-order valence-corrected chi connectivity index (χ1v) is 12.7. The molecule has 3 aliphatic rings. The lowest BCUT2D eigenvalue weighted by Gasteiger charge is -2.42. The van der Waals surface area contributed by atoms with E-state index in [9.17, 15) is 9.90 Å². The third-order valence-corrected chi connectivity index (χ3v) is 8.25. The van der Waals surface area contributed by atoms with E-state index < -0.39 is 12.1 Å². The molecular weight excluding hydrogens is 424 g/mol. The maximum absolute atomic E-state index is 12.8. The van der Waals surface area contributed by atoms with E-state index >= 15 is 0 Å². The molecule has 1 aromatic heterocycles. The molecule has 6 nitrogen and oxygen atoms in total. The molecule has 2 aromatic rings. The van der Waals surface area contributed by atoms with E-state index in [2.05, 4.69) is 74.3 Å². The van der Waals surface area contributed by atoms with E-state index in [0.717, 1.165) is 24.6 Å². The van der Waals surface area contributed by atoms with E-state index in [4.69, 9.17) is 4.98 Å². The Balaban J connectivity index is 1.33. The molecule has 1 amide bonds. The number of hydrogen-bond donors (Lipinski definition) is 2. The maximum Gasteiger partial charge on any atom is 0.242 e. The van der Waals surface area contributed by atoms with Crippen LogP contribution >= 0.6 is 0 Å². The van der Waals surface area contributed by atoms with Gasteiger partial charge >= 0.3 is 0 Å². The zero-order chi connectivity index (χ0) is 24.1. The molecule has 2 N–H and O–H groups in total. The van der Waals surface area contributed by atoms with Gasteiger partial charge in [-0.3, -0.25) is 4.79 Å². The van der Waals surface area contributed by atoms with Crippen LogP contribution in [0.2, 0.25) is 0 Å². The number of fused-ring (bicyclic) bond motifs is 1. The van der Waals surface area contributed by atoms with Gasteiger partial charge in [0.25, 0.3) is 0 Å². The summed E-state index contributed by atoms with van der Waals surface area (Å²) in [6.07, 6.45) is 2.48. The SMILES string of the molecule is CC1(C)CCC(C)(C)c2cc(-c3cccc(N4CCN(C(=O)C5NCCC5O)CC4)n3)ccc21. The van der Waals surface area contributed by atoms with Crippen LogP contribution in [0.1, 0.15) is 58.1 Å². The third-order valence-electron chi connectivity index (χ3n) is 8.25. The fourth-order valence-corrected chi connectivity index (χ4v) is 5.80. The Kier molecular flexibility index (Phi) is 5.93. The molecule has 2 fully saturated rings. The number of nitrogens with one attached hydrogen (secondary N) is 1. The number of aliphatic hydroxyl groups excluding tert-OH is 1. The maximum atomic E-state index is 12.8. The van der Waals surface area contributed by atoms with Crippen LogP contribution in [0, 0.1) is 0 Å². The van der Waals surface area contributed by atoms with Crippen LogP contribution in [-0.2, 0) is 15.6 Å². The summed E-state index contributed by atoms with van der Waals surface area (Å²) < 4.78 is 0. The van der Waals surface area contributed by atoms with E-state index in [-0.39, 0.29) is 16.7 Å². The summed E-state index contributed by atoms with van der Waals surface area (Å²) in [7, 11) is 0. The lowest BCUT2D eigenvalue weighted by Crippen LogP contribution is -2.55. The predicted molar refractivity (Wildman–Crippen MR) is 136 cm³/mol. The Hall–Kier alpha value is -2.44. The van der Waals surface area contributed by atoms with Gasteiger partial charge in [0.2, 0.25) is 5.91 Å². The summed E-state index contributed by atoms with van der Waals surface area (Å²) in [6, 6.07) is 12.7. The van der Waals surface area contributed by atoms with Gasteiger partial charge < -0.3 is 20.2 Å². The van der Waals surface area contributed by atoms with Crippen molar-refractivity contribution in [3.63, 3.8) is 0 Å². The molecule has 2 atom stereocenters. The van der Waals surface area contributed by atoms with Crippen molar-refractivity contribution in [1.29, 1.82) is 0 Å². The number of piperazine rings is 1. The van der Waals surface area contributed by atoms with E-state index in [1.165, 1.54) is 29.5 Å². The lowest BCUT2D eigenvalue weighted by molar-refractivity contribution is -0.135. The van der Waals surface area contributed by atoms with Crippen LogP contribution in [-0.4, -0.2) is 65.8 Å². The predicted octanol–water partition coefficient (Wildman–Crippen LogP) is 3.47. The largest absolute Gasteiger partial charge is 0.391 e. The molecule has 1 aliphatic carbocycles. The Morgan fingerprint density at radius 2 is 1.71 bits per heavy atom. The van der Waals surface area contributed by atoms with Crippen LogP contribution in [0.15, 0.2) is 36.4 Å². The highest BCUT2D eigenvalue weighted by Gasteiger charge is 2.37. The van der Waals surface area contributed by atoms with Crippen molar-refractivity contribution in [2.75, 3.05) is 37.6 Å². The minimum atomic E-state index is -0.573. The number of carbonyl (C=O) groups is 1. The molecule has 6 heteroatoms. The number of aliphatic hydroxyl groups is 1. The van der Waals surface area contributed by atoms with Gasteiger partial charge in [-0.05, 0) is 66.0 Å². The molecule has 0 radical (unpaired) electrons. The van der Waals surface area contributed by atoms with E-state index in [1.54, 1.807) is 0 Å². The van der Waals surface area contributed by atoms with Crippen molar-refractivity contribution in [3.8, 4) is 11.3 Å². The second kappa shape index (κ2) is 8.65. The monoisotopic (exact) mass is 462 g/mol. The number of rotatable bonds is 3. The number of nitrogens with zero attached hydrogens (tertiary/aromatic N) is 3. The van der Waals surface area contributed by atoms with E-state index in [0.29, 0.717) is 26.1 Å². The smallest absolute Gasteiger partial charge is 0.242 e. The minimum absolute atomic E-state index is 0.0194.